The summed E-state index contributed by atoms with van der Waals surface area (Å²) in [5.74, 6) is 0.202. The molecule has 0 saturated carbocycles. The quantitative estimate of drug-likeness (QED) is 0.251. The van der Waals surface area contributed by atoms with Gasteiger partial charge in [-0.3, -0.25) is 9.48 Å². The normalized spacial score (nSPS) is 10.9. The molecule has 0 atom stereocenters. The minimum atomic E-state index is -0.366. The lowest BCUT2D eigenvalue weighted by Gasteiger charge is -2.11. The minimum absolute atomic E-state index is 0.148. The van der Waals surface area contributed by atoms with Crippen LogP contribution in [0.4, 0.5) is 5.82 Å². The van der Waals surface area contributed by atoms with Gasteiger partial charge in [-0.05, 0) is 41.5 Å². The molecule has 174 valence electrons. The molecule has 34 heavy (non-hydrogen) atoms. The summed E-state index contributed by atoms with van der Waals surface area (Å²) in [5.41, 5.74) is 2.03. The molecule has 0 aliphatic heterocycles. The van der Waals surface area contributed by atoms with E-state index >= 15 is 0 Å². The van der Waals surface area contributed by atoms with Gasteiger partial charge in [0.2, 0.25) is 0 Å². The number of benzene rings is 3. The van der Waals surface area contributed by atoms with Crippen LogP contribution >= 0.6 is 58.0 Å². The van der Waals surface area contributed by atoms with E-state index in [1.54, 1.807) is 47.3 Å². The van der Waals surface area contributed by atoms with E-state index in [1.165, 1.54) is 0 Å². The molecule has 10 heteroatoms. The Hall–Kier alpha value is -2.41. The van der Waals surface area contributed by atoms with E-state index in [0.29, 0.717) is 43.0 Å². The van der Waals surface area contributed by atoms with E-state index in [2.05, 4.69) is 10.4 Å². The first-order valence-corrected chi connectivity index (χ1v) is 11.8. The number of aromatic nitrogens is 2. The lowest BCUT2D eigenvalue weighted by molar-refractivity contribution is 0.102. The number of ether oxygens (including phenoxy) is 1. The summed E-state index contributed by atoms with van der Waals surface area (Å²) in [5, 5.41) is 9.05. The average Bonchev–Trinajstić information content (AvgIpc) is 3.13. The van der Waals surface area contributed by atoms with E-state index in [0.717, 1.165) is 11.1 Å². The summed E-state index contributed by atoms with van der Waals surface area (Å²) in [6.07, 6.45) is 1.63. The molecule has 1 N–H and O–H groups in total. The molecule has 4 rings (SSSR count). The van der Waals surface area contributed by atoms with Gasteiger partial charge in [0.25, 0.3) is 5.91 Å². The first kappa shape index (κ1) is 24.7. The second-order valence-corrected chi connectivity index (χ2v) is 9.32. The van der Waals surface area contributed by atoms with Crippen LogP contribution in [0.3, 0.4) is 0 Å². The van der Waals surface area contributed by atoms with Crippen LogP contribution in [0.5, 0.6) is 5.75 Å². The van der Waals surface area contributed by atoms with Gasteiger partial charge in [-0.2, -0.15) is 5.10 Å². The van der Waals surface area contributed by atoms with Crippen LogP contribution in [0.15, 0.2) is 66.9 Å². The number of rotatable bonds is 7. The van der Waals surface area contributed by atoms with Crippen LogP contribution in [0.1, 0.15) is 21.5 Å². The zero-order valence-electron chi connectivity index (χ0n) is 17.4. The van der Waals surface area contributed by atoms with Crippen molar-refractivity contribution in [3.05, 3.63) is 109 Å². The van der Waals surface area contributed by atoms with Crippen molar-refractivity contribution in [2.45, 2.75) is 13.2 Å². The Morgan fingerprint density at radius 1 is 0.882 bits per heavy atom. The molecule has 0 aliphatic rings. The SMILES string of the molecule is O=C(Nc1nn(Cc2ccccc2Cl)cc1Cl)c1cccc(COc2c(Cl)cc(Cl)cc2Cl)c1. The fraction of sp³-hybridized carbons (Fsp3) is 0.0833. The fourth-order valence-corrected chi connectivity index (χ4v) is 4.49. The molecular weight excluding hydrogens is 540 g/mol. The lowest BCUT2D eigenvalue weighted by Crippen LogP contribution is -2.13. The molecule has 0 spiro atoms. The number of hydrogen-bond acceptors (Lipinski definition) is 3. The highest BCUT2D eigenvalue weighted by Gasteiger charge is 2.14. The van der Waals surface area contributed by atoms with Crippen molar-refractivity contribution in [3.8, 4) is 5.75 Å². The number of hydrogen-bond donors (Lipinski definition) is 1. The van der Waals surface area contributed by atoms with E-state index in [1.807, 2.05) is 24.3 Å². The van der Waals surface area contributed by atoms with Crippen molar-refractivity contribution in [2.75, 3.05) is 5.32 Å². The highest BCUT2D eigenvalue weighted by molar-refractivity contribution is 6.40. The van der Waals surface area contributed by atoms with Crippen LogP contribution in [0.2, 0.25) is 25.1 Å². The molecular formula is C24H16Cl5N3O2. The summed E-state index contributed by atoms with van der Waals surface area (Å²) in [6, 6.07) is 17.5. The summed E-state index contributed by atoms with van der Waals surface area (Å²) in [4.78, 5) is 12.8. The molecule has 0 bridgehead atoms. The first-order valence-electron chi connectivity index (χ1n) is 9.94. The number of amides is 1. The molecule has 0 unspecified atom stereocenters. The van der Waals surface area contributed by atoms with E-state index in [4.69, 9.17) is 62.7 Å². The van der Waals surface area contributed by atoms with Gasteiger partial charge in [-0.15, -0.1) is 0 Å². The number of carbonyl (C=O) groups is 1. The molecule has 4 aromatic rings. The predicted octanol–water partition coefficient (Wildman–Crippen LogP) is 8.03. The van der Waals surface area contributed by atoms with E-state index in [9.17, 15) is 4.79 Å². The highest BCUT2D eigenvalue weighted by atomic mass is 35.5. The number of nitrogens with zero attached hydrogens (tertiary/aromatic N) is 2. The summed E-state index contributed by atoms with van der Waals surface area (Å²) >= 11 is 30.8. The van der Waals surface area contributed by atoms with Crippen LogP contribution in [-0.2, 0) is 13.2 Å². The van der Waals surface area contributed by atoms with Gasteiger partial charge in [0.05, 0.1) is 16.6 Å². The Bertz CT molecular complexity index is 1330. The van der Waals surface area contributed by atoms with Crippen molar-refractivity contribution in [1.82, 2.24) is 9.78 Å². The third kappa shape index (κ3) is 5.98. The zero-order chi connectivity index (χ0) is 24.2. The van der Waals surface area contributed by atoms with Crippen molar-refractivity contribution in [1.29, 1.82) is 0 Å². The second-order valence-electron chi connectivity index (χ2n) is 7.26. The molecule has 1 aromatic heterocycles. The topological polar surface area (TPSA) is 56.2 Å². The molecule has 0 fully saturated rings. The van der Waals surface area contributed by atoms with Crippen molar-refractivity contribution in [2.24, 2.45) is 0 Å². The van der Waals surface area contributed by atoms with Gasteiger partial charge in [0, 0.05) is 21.8 Å². The summed E-state index contributed by atoms with van der Waals surface area (Å²) < 4.78 is 7.36. The Morgan fingerprint density at radius 2 is 1.62 bits per heavy atom. The van der Waals surface area contributed by atoms with Crippen molar-refractivity contribution in [3.63, 3.8) is 0 Å². The van der Waals surface area contributed by atoms with Gasteiger partial charge in [0.15, 0.2) is 11.6 Å². The standard InChI is InChI=1S/C24H16Cl5N3O2/c25-17-9-19(27)22(20(28)10-17)34-13-14-4-3-6-15(8-14)24(33)30-23-21(29)12-32(31-23)11-16-5-1-2-7-18(16)26/h1-10,12H,11,13H2,(H,30,31,33). The zero-order valence-corrected chi connectivity index (χ0v) is 21.1. The van der Waals surface area contributed by atoms with Gasteiger partial charge in [0.1, 0.15) is 11.6 Å². The van der Waals surface area contributed by atoms with E-state index in [-0.39, 0.29) is 18.3 Å². The van der Waals surface area contributed by atoms with Gasteiger partial charge >= 0.3 is 0 Å². The number of nitrogens with one attached hydrogen (secondary N) is 1. The minimum Gasteiger partial charge on any atom is -0.486 e. The van der Waals surface area contributed by atoms with Crippen LogP contribution in [0, 0.1) is 0 Å². The Labute approximate surface area is 221 Å². The maximum Gasteiger partial charge on any atom is 0.256 e. The maximum absolute atomic E-state index is 12.8. The fourth-order valence-electron chi connectivity index (χ4n) is 3.17. The third-order valence-electron chi connectivity index (χ3n) is 4.77. The largest absolute Gasteiger partial charge is 0.486 e. The molecule has 0 radical (unpaired) electrons. The van der Waals surface area contributed by atoms with Crippen LogP contribution in [0.25, 0.3) is 0 Å². The lowest BCUT2D eigenvalue weighted by atomic mass is 10.1. The third-order valence-corrected chi connectivity index (χ3v) is 6.20. The van der Waals surface area contributed by atoms with Gasteiger partial charge < -0.3 is 10.1 Å². The summed E-state index contributed by atoms with van der Waals surface area (Å²) in [7, 11) is 0. The van der Waals surface area contributed by atoms with Crippen LogP contribution < -0.4 is 10.1 Å². The number of anilines is 1. The van der Waals surface area contributed by atoms with E-state index < -0.39 is 0 Å². The van der Waals surface area contributed by atoms with Gasteiger partial charge in [-0.1, -0.05) is 88.3 Å². The highest BCUT2D eigenvalue weighted by Crippen LogP contribution is 2.36. The molecule has 1 amide bonds. The average molecular weight is 556 g/mol. The van der Waals surface area contributed by atoms with Gasteiger partial charge in [-0.25, -0.2) is 0 Å². The number of halogens is 5. The maximum atomic E-state index is 12.8. The molecule has 5 nitrogen and oxygen atoms in total. The first-order chi connectivity index (χ1) is 16.3. The molecule has 1 heterocycles. The Morgan fingerprint density at radius 3 is 2.35 bits per heavy atom. The molecule has 3 aromatic carbocycles. The van der Waals surface area contributed by atoms with Crippen molar-refractivity contribution >= 4 is 69.7 Å². The predicted molar refractivity (Wildman–Crippen MR) is 138 cm³/mol. The molecule has 0 saturated heterocycles. The Balaban J connectivity index is 1.44. The Kier molecular flexibility index (Phi) is 7.91. The van der Waals surface area contributed by atoms with Crippen molar-refractivity contribution < 1.29 is 9.53 Å². The smallest absolute Gasteiger partial charge is 0.256 e. The second kappa shape index (κ2) is 10.9. The monoisotopic (exact) mass is 553 g/mol. The van der Waals surface area contributed by atoms with Crippen LogP contribution in [-0.4, -0.2) is 15.7 Å². The number of carbonyl (C=O) groups excluding carboxylic acids is 1. The molecule has 0 aliphatic carbocycles. The summed E-state index contributed by atoms with van der Waals surface area (Å²) in [6.45, 7) is 0.563.